The van der Waals surface area contributed by atoms with Crippen molar-refractivity contribution in [3.05, 3.63) is 0 Å². The van der Waals surface area contributed by atoms with Crippen molar-refractivity contribution in [2.45, 2.75) is 13.8 Å². The molecule has 5 N–H and O–H groups in total. The third-order valence-corrected chi connectivity index (χ3v) is 0.497. The lowest BCUT2D eigenvalue weighted by Crippen LogP contribution is -2.10. The highest BCUT2D eigenvalue weighted by Gasteiger charge is 1.81. The molecule has 0 rings (SSSR count). The summed E-state index contributed by atoms with van der Waals surface area (Å²) in [5.74, 6) is -0.968. The normalized spacial score (nSPS) is 7.08. The van der Waals surface area contributed by atoms with Crippen LogP contribution in [0.15, 0.2) is 0 Å². The van der Waals surface area contributed by atoms with Crippen molar-refractivity contribution >= 4 is 5.97 Å². The Hall–Kier alpha value is -0.650. The van der Waals surface area contributed by atoms with Crippen LogP contribution in [0.25, 0.3) is 0 Å². The van der Waals surface area contributed by atoms with Gasteiger partial charge < -0.3 is 21.3 Å². The minimum Gasteiger partial charge on any atom is -0.480 e. The van der Waals surface area contributed by atoms with Gasteiger partial charge in [0.15, 0.2) is 0 Å². The molecule has 0 saturated heterocycles. The van der Waals surface area contributed by atoms with E-state index in [0.717, 1.165) is 0 Å². The average molecular weight is 180 g/mol. The summed E-state index contributed by atoms with van der Waals surface area (Å²) >= 11 is 0. The molecule has 0 aromatic rings. The van der Waals surface area contributed by atoms with Gasteiger partial charge in [0, 0.05) is 13.7 Å². The summed E-state index contributed by atoms with van der Waals surface area (Å²) in [6, 6.07) is 0. The molecule has 0 radical (unpaired) electrons. The zero-order valence-electron chi connectivity index (χ0n) is 8.04. The summed E-state index contributed by atoms with van der Waals surface area (Å²) in [5, 5.41) is 7.60. The molecule has 0 unspecified atom stereocenters. The summed E-state index contributed by atoms with van der Waals surface area (Å²) in [7, 11) is 1.63. The second kappa shape index (κ2) is 22.4. The fraction of sp³-hybridized carbons (Fsp3) is 0.857. The van der Waals surface area contributed by atoms with E-state index in [1.807, 2.05) is 13.8 Å². The van der Waals surface area contributed by atoms with E-state index in [4.69, 9.17) is 10.8 Å². The molecular formula is C7H20N2O3. The van der Waals surface area contributed by atoms with Crippen LogP contribution in [-0.2, 0) is 9.53 Å². The number of nitrogens with two attached hydrogens (primary N) is 2. The van der Waals surface area contributed by atoms with Crippen LogP contribution in [0.2, 0.25) is 0 Å². The number of aliphatic carboxylic acids is 1. The van der Waals surface area contributed by atoms with E-state index in [1.165, 1.54) is 0 Å². The second-order valence-electron chi connectivity index (χ2n) is 1.38. The molecule has 0 atom stereocenters. The minimum atomic E-state index is -0.968. The number of hydrogen-bond acceptors (Lipinski definition) is 4. The van der Waals surface area contributed by atoms with Crippen molar-refractivity contribution in [1.82, 2.24) is 0 Å². The van der Waals surface area contributed by atoms with Gasteiger partial charge in [-0.3, -0.25) is 4.79 Å². The smallest absolute Gasteiger partial charge is 0.317 e. The molecule has 5 heteroatoms. The number of carboxylic acid groups (broad SMARTS) is 1. The molecule has 0 aromatic carbocycles. The van der Waals surface area contributed by atoms with Crippen LogP contribution in [0.5, 0.6) is 0 Å². The maximum absolute atomic E-state index is 9.24. The van der Waals surface area contributed by atoms with Crippen molar-refractivity contribution in [2.24, 2.45) is 11.5 Å². The standard InChI is InChI=1S/C3H9NO.C2H5NO2.C2H6/c1-5-3-2-4;3-1-2(4)5;1-2/h2-4H2,1H3;1,3H2,(H,4,5);1-2H3. The van der Waals surface area contributed by atoms with Crippen LogP contribution in [-0.4, -0.2) is 37.9 Å². The molecule has 0 saturated carbocycles. The maximum atomic E-state index is 9.24. The first kappa shape index (κ1) is 17.4. The van der Waals surface area contributed by atoms with Gasteiger partial charge in [0.2, 0.25) is 0 Å². The van der Waals surface area contributed by atoms with E-state index >= 15 is 0 Å². The monoisotopic (exact) mass is 180 g/mol. The Morgan fingerprint density at radius 3 is 1.75 bits per heavy atom. The van der Waals surface area contributed by atoms with Crippen LogP contribution in [0.1, 0.15) is 13.8 Å². The molecule has 0 bridgehead atoms. The lowest BCUT2D eigenvalue weighted by atomic mass is 10.7. The molecule has 0 fully saturated rings. The molecule has 0 spiro atoms. The highest BCUT2D eigenvalue weighted by atomic mass is 16.5. The van der Waals surface area contributed by atoms with Crippen molar-refractivity contribution in [3.8, 4) is 0 Å². The van der Waals surface area contributed by atoms with Gasteiger partial charge in [-0.05, 0) is 0 Å². The molecule has 5 nitrogen and oxygen atoms in total. The highest BCUT2D eigenvalue weighted by Crippen LogP contribution is 1.53. The van der Waals surface area contributed by atoms with Gasteiger partial charge >= 0.3 is 5.97 Å². The largest absolute Gasteiger partial charge is 0.480 e. The van der Waals surface area contributed by atoms with E-state index in [0.29, 0.717) is 13.2 Å². The first-order chi connectivity index (χ1) is 5.68. The third kappa shape index (κ3) is 58.1. The number of hydrogen-bond donors (Lipinski definition) is 3. The molecule has 0 aliphatic rings. The molecule has 0 heterocycles. The van der Waals surface area contributed by atoms with Gasteiger partial charge in [-0.25, -0.2) is 0 Å². The SMILES string of the molecule is CC.COCCN.NCC(=O)O. The molecule has 12 heavy (non-hydrogen) atoms. The lowest BCUT2D eigenvalue weighted by Gasteiger charge is -1.85. The predicted octanol–water partition coefficient (Wildman–Crippen LogP) is -0.353. The van der Waals surface area contributed by atoms with Crippen molar-refractivity contribution in [3.63, 3.8) is 0 Å². The average Bonchev–Trinajstić information content (AvgIpc) is 2.10. The first-order valence-electron chi connectivity index (χ1n) is 3.79. The Bertz CT molecular complexity index is 77.1. The van der Waals surface area contributed by atoms with Gasteiger partial charge in [-0.1, -0.05) is 13.8 Å². The van der Waals surface area contributed by atoms with Crippen molar-refractivity contribution in [1.29, 1.82) is 0 Å². The summed E-state index contributed by atoms with van der Waals surface area (Å²) in [5.41, 5.74) is 9.59. The van der Waals surface area contributed by atoms with E-state index in [9.17, 15) is 4.79 Å². The number of ether oxygens (including phenoxy) is 1. The quantitative estimate of drug-likeness (QED) is 0.551. The number of carboxylic acids is 1. The lowest BCUT2D eigenvalue weighted by molar-refractivity contribution is -0.135. The van der Waals surface area contributed by atoms with Gasteiger partial charge in [0.05, 0.1) is 13.2 Å². The maximum Gasteiger partial charge on any atom is 0.317 e. The topological polar surface area (TPSA) is 98.6 Å². The Morgan fingerprint density at radius 2 is 1.75 bits per heavy atom. The Kier molecular flexibility index (Phi) is 32.6. The Labute approximate surface area is 73.7 Å². The number of carbonyl (C=O) groups is 1. The molecule has 0 amide bonds. The second-order valence-corrected chi connectivity index (χ2v) is 1.38. The number of rotatable bonds is 3. The van der Waals surface area contributed by atoms with Crippen LogP contribution >= 0.6 is 0 Å². The summed E-state index contributed by atoms with van der Waals surface area (Å²) in [6.45, 7) is 5.01. The molecule has 0 aliphatic carbocycles. The number of methoxy groups -OCH3 is 1. The molecular weight excluding hydrogens is 160 g/mol. The fourth-order valence-corrected chi connectivity index (χ4v) is 0.118. The fourth-order valence-electron chi connectivity index (χ4n) is 0.118. The Morgan fingerprint density at radius 1 is 1.42 bits per heavy atom. The van der Waals surface area contributed by atoms with Gasteiger partial charge in [0.25, 0.3) is 0 Å². The third-order valence-electron chi connectivity index (χ3n) is 0.497. The summed E-state index contributed by atoms with van der Waals surface area (Å²) in [6.07, 6.45) is 0. The van der Waals surface area contributed by atoms with E-state index in [-0.39, 0.29) is 6.54 Å². The van der Waals surface area contributed by atoms with Gasteiger partial charge in [-0.15, -0.1) is 0 Å². The Balaban J connectivity index is -0.000000112. The van der Waals surface area contributed by atoms with Gasteiger partial charge in [-0.2, -0.15) is 0 Å². The highest BCUT2D eigenvalue weighted by molar-refractivity contribution is 5.68. The van der Waals surface area contributed by atoms with E-state index < -0.39 is 5.97 Å². The minimum absolute atomic E-state index is 0.278. The zero-order valence-corrected chi connectivity index (χ0v) is 8.04. The van der Waals surface area contributed by atoms with Crippen molar-refractivity contribution < 1.29 is 14.6 Å². The van der Waals surface area contributed by atoms with Crippen LogP contribution < -0.4 is 11.5 Å². The van der Waals surface area contributed by atoms with Crippen LogP contribution in [0, 0.1) is 0 Å². The van der Waals surface area contributed by atoms with Crippen LogP contribution in [0.4, 0.5) is 0 Å². The molecule has 0 aliphatic heterocycles. The predicted molar refractivity (Wildman–Crippen MR) is 49.0 cm³/mol. The van der Waals surface area contributed by atoms with Crippen LogP contribution in [0.3, 0.4) is 0 Å². The molecule has 76 valence electrons. The first-order valence-corrected chi connectivity index (χ1v) is 3.79. The van der Waals surface area contributed by atoms with Gasteiger partial charge in [0.1, 0.15) is 0 Å². The van der Waals surface area contributed by atoms with E-state index in [1.54, 1.807) is 7.11 Å². The zero-order chi connectivity index (χ0) is 10.4. The van der Waals surface area contributed by atoms with E-state index in [2.05, 4.69) is 10.5 Å². The summed E-state index contributed by atoms with van der Waals surface area (Å²) in [4.78, 5) is 9.24. The van der Waals surface area contributed by atoms with Crippen molar-refractivity contribution in [2.75, 3.05) is 26.8 Å². The molecule has 0 aromatic heterocycles. The summed E-state index contributed by atoms with van der Waals surface area (Å²) < 4.78 is 4.57.